The molecule has 1 aliphatic rings. The molecular formula is C28H46N2O4. The van der Waals surface area contributed by atoms with Gasteiger partial charge in [-0.25, -0.2) is 0 Å². The van der Waals surface area contributed by atoms with Gasteiger partial charge in [-0.15, -0.1) is 0 Å². The van der Waals surface area contributed by atoms with Crippen LogP contribution in [0.5, 0.6) is 0 Å². The number of carbonyl (C=O) groups excluding carboxylic acids is 2. The topological polar surface area (TPSA) is 67.9 Å². The molecule has 7 atom stereocenters. The van der Waals surface area contributed by atoms with Gasteiger partial charge in [-0.1, -0.05) is 64.4 Å². The summed E-state index contributed by atoms with van der Waals surface area (Å²) in [6.45, 7) is 11.2. The highest BCUT2D eigenvalue weighted by atomic mass is 16.5. The van der Waals surface area contributed by atoms with Crippen molar-refractivity contribution in [1.82, 2.24) is 10.2 Å². The molecule has 0 aliphatic carbocycles. The largest absolute Gasteiger partial charge is 0.381 e. The van der Waals surface area contributed by atoms with Crippen LogP contribution in [0.3, 0.4) is 0 Å². The molecule has 1 aromatic carbocycles. The molecule has 6 heteroatoms. The van der Waals surface area contributed by atoms with Crippen molar-refractivity contribution in [3.8, 4) is 0 Å². The Morgan fingerprint density at radius 1 is 1.09 bits per heavy atom. The van der Waals surface area contributed by atoms with Crippen molar-refractivity contribution < 1.29 is 19.1 Å². The number of hydrogen-bond acceptors (Lipinski definition) is 4. The maximum atomic E-state index is 13.3. The van der Waals surface area contributed by atoms with Crippen molar-refractivity contribution in [3.05, 3.63) is 35.9 Å². The van der Waals surface area contributed by atoms with Gasteiger partial charge in [-0.05, 0) is 43.6 Å². The second-order valence-electron chi connectivity index (χ2n) is 10.1. The van der Waals surface area contributed by atoms with E-state index in [0.29, 0.717) is 24.8 Å². The second kappa shape index (κ2) is 13.8. The van der Waals surface area contributed by atoms with Crippen LogP contribution in [0.25, 0.3) is 0 Å². The summed E-state index contributed by atoms with van der Waals surface area (Å²) in [5, 5.41) is 3.14. The number of carbonyl (C=O) groups is 2. The Kier molecular flexibility index (Phi) is 11.5. The normalized spacial score (nSPS) is 21.4. The molecule has 1 fully saturated rings. The summed E-state index contributed by atoms with van der Waals surface area (Å²) >= 11 is 0. The quantitative estimate of drug-likeness (QED) is 0.458. The van der Waals surface area contributed by atoms with E-state index in [0.717, 1.165) is 25.7 Å². The van der Waals surface area contributed by atoms with Crippen LogP contribution in [0.4, 0.5) is 0 Å². The number of amides is 2. The van der Waals surface area contributed by atoms with E-state index in [4.69, 9.17) is 9.47 Å². The van der Waals surface area contributed by atoms with E-state index in [1.807, 2.05) is 36.9 Å². The molecule has 1 heterocycles. The van der Waals surface area contributed by atoms with Crippen LogP contribution in [0, 0.1) is 17.8 Å². The Labute approximate surface area is 206 Å². The maximum absolute atomic E-state index is 13.3. The van der Waals surface area contributed by atoms with Gasteiger partial charge < -0.3 is 19.7 Å². The Balaban J connectivity index is 2.01. The summed E-state index contributed by atoms with van der Waals surface area (Å²) in [6, 6.07) is 10.1. The fourth-order valence-electron chi connectivity index (χ4n) is 5.19. The Bertz CT molecular complexity index is 756. The predicted molar refractivity (Wildman–Crippen MR) is 136 cm³/mol. The van der Waals surface area contributed by atoms with Gasteiger partial charge >= 0.3 is 0 Å². The van der Waals surface area contributed by atoms with Gasteiger partial charge in [0.1, 0.15) is 0 Å². The van der Waals surface area contributed by atoms with Gasteiger partial charge in [-0.3, -0.25) is 9.59 Å². The molecule has 2 rings (SSSR count). The minimum absolute atomic E-state index is 0.0145. The summed E-state index contributed by atoms with van der Waals surface area (Å²) in [6.07, 6.45) is 3.52. The van der Waals surface area contributed by atoms with Crippen LogP contribution in [-0.4, -0.2) is 61.8 Å². The number of methoxy groups -OCH3 is 2. The van der Waals surface area contributed by atoms with Gasteiger partial charge in [0.25, 0.3) is 0 Å². The first-order valence-corrected chi connectivity index (χ1v) is 12.9. The van der Waals surface area contributed by atoms with Gasteiger partial charge in [0.05, 0.1) is 30.6 Å². The Morgan fingerprint density at radius 3 is 2.35 bits per heavy atom. The smallest absolute Gasteiger partial charge is 0.225 e. The van der Waals surface area contributed by atoms with Gasteiger partial charge in [-0.2, -0.15) is 0 Å². The molecule has 1 saturated heterocycles. The van der Waals surface area contributed by atoms with Crippen molar-refractivity contribution in [2.45, 2.75) is 91.0 Å². The monoisotopic (exact) mass is 474 g/mol. The molecule has 192 valence electrons. The van der Waals surface area contributed by atoms with E-state index in [9.17, 15) is 9.59 Å². The van der Waals surface area contributed by atoms with E-state index < -0.39 is 0 Å². The van der Waals surface area contributed by atoms with E-state index >= 15 is 0 Å². The standard InChI is InChI=1S/C28H46N2O4/c1-8-19(2)21(4)25(33-6)18-26(31)30-16-12-15-24(30)27(34-7)22(5)28(32)29-20(3)17-23-13-10-9-11-14-23/h9-11,13-14,19-22,24-25,27H,8,12,15-18H2,1-7H3,(H,29,32). The summed E-state index contributed by atoms with van der Waals surface area (Å²) in [5.74, 6) is 0.486. The van der Waals surface area contributed by atoms with E-state index in [1.54, 1.807) is 14.2 Å². The first-order valence-electron chi connectivity index (χ1n) is 12.9. The number of hydrogen-bond donors (Lipinski definition) is 1. The molecule has 2 amide bonds. The second-order valence-corrected chi connectivity index (χ2v) is 10.1. The van der Waals surface area contributed by atoms with Crippen LogP contribution in [0.1, 0.15) is 65.9 Å². The van der Waals surface area contributed by atoms with Crippen molar-refractivity contribution in [3.63, 3.8) is 0 Å². The third-order valence-electron chi connectivity index (χ3n) is 7.76. The minimum atomic E-state index is -0.362. The predicted octanol–water partition coefficient (Wildman–Crippen LogP) is 4.46. The molecule has 1 aliphatic heterocycles. The zero-order valence-corrected chi connectivity index (χ0v) is 22.3. The zero-order valence-electron chi connectivity index (χ0n) is 22.3. The van der Waals surface area contributed by atoms with E-state index in [-0.39, 0.29) is 42.0 Å². The number of benzene rings is 1. The van der Waals surface area contributed by atoms with E-state index in [2.05, 4.69) is 38.2 Å². The fourth-order valence-corrected chi connectivity index (χ4v) is 5.19. The first-order chi connectivity index (χ1) is 16.2. The molecule has 34 heavy (non-hydrogen) atoms. The number of nitrogens with one attached hydrogen (secondary N) is 1. The fraction of sp³-hybridized carbons (Fsp3) is 0.714. The molecule has 0 spiro atoms. The summed E-state index contributed by atoms with van der Waals surface area (Å²) in [5.41, 5.74) is 1.19. The van der Waals surface area contributed by atoms with Crippen LogP contribution >= 0.6 is 0 Å². The van der Waals surface area contributed by atoms with Crippen molar-refractivity contribution in [2.75, 3.05) is 20.8 Å². The van der Waals surface area contributed by atoms with Crippen LogP contribution in [0.2, 0.25) is 0 Å². The summed E-state index contributed by atoms with van der Waals surface area (Å²) in [7, 11) is 3.34. The van der Waals surface area contributed by atoms with Crippen molar-refractivity contribution in [2.24, 2.45) is 17.8 Å². The van der Waals surface area contributed by atoms with Crippen LogP contribution in [-0.2, 0) is 25.5 Å². The lowest BCUT2D eigenvalue weighted by molar-refractivity contribution is -0.142. The highest BCUT2D eigenvalue weighted by molar-refractivity contribution is 5.80. The molecule has 7 unspecified atom stereocenters. The highest BCUT2D eigenvalue weighted by Gasteiger charge is 2.40. The molecule has 0 aromatic heterocycles. The summed E-state index contributed by atoms with van der Waals surface area (Å²) < 4.78 is 11.6. The van der Waals surface area contributed by atoms with Crippen LogP contribution in [0.15, 0.2) is 30.3 Å². The molecule has 0 saturated carbocycles. The average molecular weight is 475 g/mol. The summed E-state index contributed by atoms with van der Waals surface area (Å²) in [4.78, 5) is 28.3. The molecule has 1 aromatic rings. The number of rotatable bonds is 13. The number of likely N-dealkylation sites (tertiary alicyclic amines) is 1. The average Bonchev–Trinajstić information content (AvgIpc) is 3.32. The molecule has 1 N–H and O–H groups in total. The molecule has 0 radical (unpaired) electrons. The lowest BCUT2D eigenvalue weighted by Crippen LogP contribution is -2.51. The SMILES string of the molecule is CCC(C)C(C)C(CC(=O)N1CCCC1C(OC)C(C)C(=O)NC(C)Cc1ccccc1)OC. The number of ether oxygens (including phenoxy) is 2. The zero-order chi connectivity index (χ0) is 25.3. The van der Waals surface area contributed by atoms with Gasteiger partial charge in [0.2, 0.25) is 11.8 Å². The van der Waals surface area contributed by atoms with E-state index in [1.165, 1.54) is 5.56 Å². The Morgan fingerprint density at radius 2 is 1.76 bits per heavy atom. The molecule has 6 nitrogen and oxygen atoms in total. The Hall–Kier alpha value is -1.92. The highest BCUT2D eigenvalue weighted by Crippen LogP contribution is 2.29. The number of nitrogens with zero attached hydrogens (tertiary/aromatic N) is 1. The van der Waals surface area contributed by atoms with Crippen LogP contribution < -0.4 is 5.32 Å². The lowest BCUT2D eigenvalue weighted by atomic mass is 9.87. The first kappa shape index (κ1) is 28.3. The lowest BCUT2D eigenvalue weighted by Gasteiger charge is -2.35. The van der Waals surface area contributed by atoms with Crippen molar-refractivity contribution in [1.29, 1.82) is 0 Å². The van der Waals surface area contributed by atoms with Gasteiger partial charge in [0, 0.05) is 26.8 Å². The van der Waals surface area contributed by atoms with Crippen molar-refractivity contribution >= 4 is 11.8 Å². The maximum Gasteiger partial charge on any atom is 0.225 e. The third-order valence-corrected chi connectivity index (χ3v) is 7.76. The molecular weight excluding hydrogens is 428 g/mol. The minimum Gasteiger partial charge on any atom is -0.381 e. The third kappa shape index (κ3) is 7.54. The molecule has 0 bridgehead atoms. The van der Waals surface area contributed by atoms with Gasteiger partial charge in [0.15, 0.2) is 0 Å².